The summed E-state index contributed by atoms with van der Waals surface area (Å²) in [4.78, 5) is 26.3. The molecule has 0 bridgehead atoms. The van der Waals surface area contributed by atoms with Crippen molar-refractivity contribution in [2.24, 2.45) is 0 Å². The number of hydrogen-bond donors (Lipinski definition) is 2. The Morgan fingerprint density at radius 2 is 1.38 bits per heavy atom. The van der Waals surface area contributed by atoms with Crippen LogP contribution < -0.4 is 14.4 Å². The minimum Gasteiger partial charge on any atom is -0.480 e. The molecule has 0 unspecified atom stereocenters. The largest absolute Gasteiger partial charge is 0.480 e. The number of anilines is 2. The van der Waals surface area contributed by atoms with E-state index >= 15 is 0 Å². The Hall–Kier alpha value is -4.83. The number of carboxylic acid groups (broad SMARTS) is 1. The van der Waals surface area contributed by atoms with Crippen LogP contribution in [0, 0.1) is 6.92 Å². The van der Waals surface area contributed by atoms with E-state index in [1.165, 1.54) is 11.9 Å². The number of aliphatic carboxylic acids is 1. The predicted molar refractivity (Wildman–Crippen MR) is 177 cm³/mol. The van der Waals surface area contributed by atoms with Gasteiger partial charge in [0, 0.05) is 32.2 Å². The van der Waals surface area contributed by atoms with Crippen LogP contribution in [0.15, 0.2) is 97.1 Å². The second kappa shape index (κ2) is 15.3. The summed E-state index contributed by atoms with van der Waals surface area (Å²) in [5.41, 5.74) is 5.61. The van der Waals surface area contributed by atoms with E-state index in [0.29, 0.717) is 49.5 Å². The van der Waals surface area contributed by atoms with E-state index < -0.39 is 16.0 Å². The molecule has 236 valence electrons. The highest BCUT2D eigenvalue weighted by Gasteiger charge is 2.16. The van der Waals surface area contributed by atoms with Crippen LogP contribution in [0.5, 0.6) is 11.5 Å². The summed E-state index contributed by atoms with van der Waals surface area (Å²) >= 11 is 0. The highest BCUT2D eigenvalue weighted by Crippen LogP contribution is 2.31. The molecule has 0 heterocycles. The van der Waals surface area contributed by atoms with Crippen molar-refractivity contribution >= 4 is 33.3 Å². The fraction of sp³-hybridized carbons (Fsp3) is 0.257. The third-order valence-electron chi connectivity index (χ3n) is 7.27. The van der Waals surface area contributed by atoms with Crippen molar-refractivity contribution in [3.63, 3.8) is 0 Å². The summed E-state index contributed by atoms with van der Waals surface area (Å²) in [5, 5.41) is 8.83. The Labute approximate surface area is 265 Å². The number of nitrogens with one attached hydrogen (secondary N) is 1. The maximum atomic E-state index is 12.1. The van der Waals surface area contributed by atoms with E-state index in [-0.39, 0.29) is 12.5 Å². The van der Waals surface area contributed by atoms with Gasteiger partial charge in [0.15, 0.2) is 0 Å². The number of hydrogen-bond acceptors (Lipinski definition) is 6. The van der Waals surface area contributed by atoms with Gasteiger partial charge in [0.2, 0.25) is 15.9 Å². The van der Waals surface area contributed by atoms with Crippen molar-refractivity contribution in [3.05, 3.63) is 119 Å². The summed E-state index contributed by atoms with van der Waals surface area (Å²) in [6.07, 6.45) is 2.77. The first-order chi connectivity index (χ1) is 21.5. The predicted octanol–water partition coefficient (Wildman–Crippen LogP) is 6.23. The summed E-state index contributed by atoms with van der Waals surface area (Å²) in [6.45, 7) is 2.86. The molecule has 0 atom stereocenters. The third-order valence-corrected chi connectivity index (χ3v) is 7.86. The van der Waals surface area contributed by atoms with Crippen LogP contribution in [-0.4, -0.2) is 50.1 Å². The average Bonchev–Trinajstić information content (AvgIpc) is 2.99. The number of rotatable bonds is 15. The summed E-state index contributed by atoms with van der Waals surface area (Å²) in [6, 6.07) is 31.4. The molecule has 0 aromatic heterocycles. The van der Waals surface area contributed by atoms with Crippen LogP contribution >= 0.6 is 0 Å². The van der Waals surface area contributed by atoms with Gasteiger partial charge < -0.3 is 19.6 Å². The number of carboxylic acids is 1. The Morgan fingerprint density at radius 1 is 0.800 bits per heavy atom. The van der Waals surface area contributed by atoms with Crippen molar-refractivity contribution < 1.29 is 27.9 Å². The number of nitrogens with zero attached hydrogens (tertiary/aromatic N) is 2. The van der Waals surface area contributed by atoms with Gasteiger partial charge in [-0.05, 0) is 78.4 Å². The molecule has 4 rings (SSSR count). The van der Waals surface area contributed by atoms with Gasteiger partial charge >= 0.3 is 5.97 Å². The first-order valence-electron chi connectivity index (χ1n) is 14.6. The highest BCUT2D eigenvalue weighted by atomic mass is 32.2. The van der Waals surface area contributed by atoms with Crippen molar-refractivity contribution in [2.75, 3.05) is 29.5 Å². The fourth-order valence-corrected chi connectivity index (χ4v) is 5.60. The van der Waals surface area contributed by atoms with E-state index in [9.17, 15) is 18.0 Å². The van der Waals surface area contributed by atoms with E-state index in [1.54, 1.807) is 6.07 Å². The molecule has 4 aromatic carbocycles. The molecule has 45 heavy (non-hydrogen) atoms. The Bertz CT molecular complexity index is 1690. The maximum Gasteiger partial charge on any atom is 0.323 e. The van der Waals surface area contributed by atoms with Crippen molar-refractivity contribution in [2.45, 2.75) is 39.3 Å². The molecular weight excluding hydrogens is 590 g/mol. The average molecular weight is 630 g/mol. The van der Waals surface area contributed by atoms with Crippen LogP contribution in [-0.2, 0) is 39.1 Å². The van der Waals surface area contributed by atoms with Crippen molar-refractivity contribution in [3.8, 4) is 11.5 Å². The number of carbonyl (C=O) groups is 2. The first-order valence-corrected chi connectivity index (χ1v) is 16.5. The van der Waals surface area contributed by atoms with Gasteiger partial charge in [0.25, 0.3) is 0 Å². The van der Waals surface area contributed by atoms with Crippen LogP contribution in [0.3, 0.4) is 0 Å². The lowest BCUT2D eigenvalue weighted by atomic mass is 10.1. The molecule has 0 aliphatic carbocycles. The second-order valence-corrected chi connectivity index (χ2v) is 12.8. The summed E-state index contributed by atoms with van der Waals surface area (Å²) in [7, 11) is -1.92. The number of likely N-dealkylation sites (N-methyl/N-ethyl adjacent to an activating group) is 1. The van der Waals surface area contributed by atoms with E-state index in [0.717, 1.165) is 34.2 Å². The molecule has 0 radical (unpaired) electrons. The van der Waals surface area contributed by atoms with Crippen molar-refractivity contribution in [1.29, 1.82) is 0 Å². The van der Waals surface area contributed by atoms with Gasteiger partial charge in [-0.3, -0.25) is 14.3 Å². The minimum atomic E-state index is -3.42. The van der Waals surface area contributed by atoms with Gasteiger partial charge in [0.05, 0.1) is 11.9 Å². The topological polar surface area (TPSA) is 116 Å². The van der Waals surface area contributed by atoms with Crippen molar-refractivity contribution in [1.82, 2.24) is 4.90 Å². The quantitative estimate of drug-likeness (QED) is 0.160. The van der Waals surface area contributed by atoms with Crippen LogP contribution in [0.2, 0.25) is 0 Å². The number of aryl methyl sites for hydroxylation is 1. The lowest BCUT2D eigenvalue weighted by Crippen LogP contribution is -2.31. The number of carbonyl (C=O) groups excluding carboxylic acids is 1. The Balaban J connectivity index is 1.40. The summed E-state index contributed by atoms with van der Waals surface area (Å²) in [5.74, 6) is 0.184. The molecule has 2 N–H and O–H groups in total. The van der Waals surface area contributed by atoms with E-state index in [4.69, 9.17) is 9.84 Å². The van der Waals surface area contributed by atoms with E-state index in [1.807, 2.05) is 85.8 Å². The molecule has 0 fully saturated rings. The molecule has 0 saturated carbocycles. The second-order valence-electron chi connectivity index (χ2n) is 11.1. The Kier molecular flexibility index (Phi) is 11.2. The lowest BCUT2D eigenvalue weighted by Gasteiger charge is -2.28. The standard InChI is InChI=1S/C35H39N3O6S/c1-26-32(36-45(3,42)43)12-8-13-33(26)38(23-28-9-5-4-6-10-28)24-29-17-21-31(22-18-29)44-30-19-15-27(16-20-30)11-7-14-34(39)37(2)25-35(40)41/h4-6,8-10,12-13,15-22,36H,7,11,14,23-25H2,1-3H3,(H,40,41). The van der Waals surface area contributed by atoms with Crippen LogP contribution in [0.25, 0.3) is 0 Å². The number of ether oxygens (including phenoxy) is 1. The zero-order valence-electron chi connectivity index (χ0n) is 25.8. The number of amides is 1. The zero-order chi connectivity index (χ0) is 32.4. The molecule has 4 aromatic rings. The summed E-state index contributed by atoms with van der Waals surface area (Å²) < 4.78 is 32.6. The monoisotopic (exact) mass is 629 g/mol. The molecule has 0 aliphatic heterocycles. The highest BCUT2D eigenvalue weighted by molar-refractivity contribution is 7.92. The molecular formula is C35H39N3O6S. The maximum absolute atomic E-state index is 12.1. The van der Waals surface area contributed by atoms with Crippen LogP contribution in [0.4, 0.5) is 11.4 Å². The normalized spacial score (nSPS) is 11.1. The first kappa shape index (κ1) is 33.1. The van der Waals surface area contributed by atoms with E-state index in [2.05, 4.69) is 21.8 Å². The fourth-order valence-electron chi connectivity index (χ4n) is 4.98. The van der Waals surface area contributed by atoms with Gasteiger partial charge in [-0.1, -0.05) is 60.7 Å². The van der Waals surface area contributed by atoms with Gasteiger partial charge in [0.1, 0.15) is 18.0 Å². The van der Waals surface area contributed by atoms with Crippen LogP contribution in [0.1, 0.15) is 35.1 Å². The molecule has 0 spiro atoms. The smallest absolute Gasteiger partial charge is 0.323 e. The minimum absolute atomic E-state index is 0.184. The van der Waals surface area contributed by atoms with Gasteiger partial charge in [-0.25, -0.2) is 8.42 Å². The number of sulfonamides is 1. The SMILES string of the molecule is Cc1c(NS(C)(=O)=O)cccc1N(Cc1ccccc1)Cc1ccc(Oc2ccc(CCCC(=O)N(C)CC(=O)O)cc2)cc1. The lowest BCUT2D eigenvalue weighted by molar-refractivity contribution is -0.143. The van der Waals surface area contributed by atoms with Gasteiger partial charge in [-0.15, -0.1) is 0 Å². The number of benzene rings is 4. The molecule has 0 saturated heterocycles. The molecule has 1 amide bonds. The third kappa shape index (κ3) is 10.4. The molecule has 10 heteroatoms. The molecule has 9 nitrogen and oxygen atoms in total. The zero-order valence-corrected chi connectivity index (χ0v) is 26.6. The Morgan fingerprint density at radius 3 is 1.96 bits per heavy atom. The van der Waals surface area contributed by atoms with Gasteiger partial charge in [-0.2, -0.15) is 0 Å². The molecule has 0 aliphatic rings.